The van der Waals surface area contributed by atoms with Crippen LogP contribution in [0.5, 0.6) is 0 Å². The van der Waals surface area contributed by atoms with Gasteiger partial charge in [-0.25, -0.2) is 0 Å². The average molecular weight is 185 g/mol. The standard InChI is InChI=1S/C10H19NO2/c1-3-13-11-9(2)10(12)7-5-4-6-8-10/h12H,3-8H2,1-2H3/b11-9-. The first-order chi connectivity index (χ1) is 6.19. The zero-order chi connectivity index (χ0) is 9.73. The molecule has 3 heteroatoms. The molecular weight excluding hydrogens is 166 g/mol. The zero-order valence-electron chi connectivity index (χ0n) is 8.55. The molecule has 0 radical (unpaired) electrons. The van der Waals surface area contributed by atoms with Gasteiger partial charge in [-0.3, -0.25) is 0 Å². The molecule has 0 heterocycles. The fourth-order valence-electron chi connectivity index (χ4n) is 1.74. The van der Waals surface area contributed by atoms with Gasteiger partial charge in [0, 0.05) is 0 Å². The van der Waals surface area contributed by atoms with Crippen LogP contribution in [0.2, 0.25) is 0 Å². The molecule has 0 spiro atoms. The van der Waals surface area contributed by atoms with Crippen molar-refractivity contribution in [1.82, 2.24) is 0 Å². The molecule has 0 unspecified atom stereocenters. The van der Waals surface area contributed by atoms with Gasteiger partial charge >= 0.3 is 0 Å². The van der Waals surface area contributed by atoms with Crippen LogP contribution in [0.15, 0.2) is 5.16 Å². The van der Waals surface area contributed by atoms with Crippen LogP contribution in [0.1, 0.15) is 46.0 Å². The van der Waals surface area contributed by atoms with Crippen LogP contribution in [0.4, 0.5) is 0 Å². The second-order valence-corrected chi connectivity index (χ2v) is 3.69. The molecule has 1 N–H and O–H groups in total. The number of aliphatic hydroxyl groups is 1. The van der Waals surface area contributed by atoms with E-state index in [0.29, 0.717) is 6.61 Å². The van der Waals surface area contributed by atoms with Crippen molar-refractivity contribution >= 4 is 5.71 Å². The quantitative estimate of drug-likeness (QED) is 0.540. The molecule has 1 rings (SSSR count). The van der Waals surface area contributed by atoms with E-state index in [-0.39, 0.29) is 0 Å². The van der Waals surface area contributed by atoms with Gasteiger partial charge in [0.15, 0.2) is 0 Å². The van der Waals surface area contributed by atoms with Gasteiger partial charge in [0.1, 0.15) is 12.2 Å². The largest absolute Gasteiger partial charge is 0.396 e. The number of nitrogens with zero attached hydrogens (tertiary/aromatic N) is 1. The number of rotatable bonds is 3. The lowest BCUT2D eigenvalue weighted by Gasteiger charge is -2.31. The van der Waals surface area contributed by atoms with Gasteiger partial charge < -0.3 is 9.94 Å². The molecule has 0 bridgehead atoms. The molecule has 76 valence electrons. The molecule has 3 nitrogen and oxygen atoms in total. The van der Waals surface area contributed by atoms with Gasteiger partial charge in [0.05, 0.1) is 5.71 Å². The molecule has 0 aromatic heterocycles. The van der Waals surface area contributed by atoms with E-state index < -0.39 is 5.60 Å². The summed E-state index contributed by atoms with van der Waals surface area (Å²) in [6.07, 6.45) is 5.07. The maximum Gasteiger partial charge on any atom is 0.114 e. The highest BCUT2D eigenvalue weighted by Gasteiger charge is 2.32. The van der Waals surface area contributed by atoms with Crippen LogP contribution in [0, 0.1) is 0 Å². The fraction of sp³-hybridized carbons (Fsp3) is 0.900. The third-order valence-electron chi connectivity index (χ3n) is 2.68. The Morgan fingerprint density at radius 1 is 1.38 bits per heavy atom. The smallest absolute Gasteiger partial charge is 0.114 e. The van der Waals surface area contributed by atoms with E-state index in [9.17, 15) is 5.11 Å². The molecule has 0 aliphatic heterocycles. The third kappa shape index (κ3) is 2.69. The first-order valence-electron chi connectivity index (χ1n) is 5.08. The van der Waals surface area contributed by atoms with Crippen LogP contribution in [0.3, 0.4) is 0 Å². The minimum atomic E-state index is -0.687. The molecule has 1 aliphatic carbocycles. The Morgan fingerprint density at radius 3 is 2.54 bits per heavy atom. The topological polar surface area (TPSA) is 41.8 Å². The molecule has 0 aromatic carbocycles. The third-order valence-corrected chi connectivity index (χ3v) is 2.68. The summed E-state index contributed by atoms with van der Waals surface area (Å²) in [6.45, 7) is 4.30. The minimum absolute atomic E-state index is 0.563. The average Bonchev–Trinajstić information content (AvgIpc) is 2.15. The maximum atomic E-state index is 10.2. The van der Waals surface area contributed by atoms with Crippen LogP contribution < -0.4 is 0 Å². The first kappa shape index (κ1) is 10.5. The van der Waals surface area contributed by atoms with Gasteiger partial charge in [0.2, 0.25) is 0 Å². The van der Waals surface area contributed by atoms with Gasteiger partial charge in [-0.2, -0.15) is 0 Å². The summed E-state index contributed by atoms with van der Waals surface area (Å²) in [5, 5.41) is 14.1. The highest BCUT2D eigenvalue weighted by Crippen LogP contribution is 2.29. The van der Waals surface area contributed by atoms with Gasteiger partial charge in [-0.05, 0) is 26.7 Å². The Morgan fingerprint density at radius 2 is 2.00 bits per heavy atom. The summed E-state index contributed by atoms with van der Waals surface area (Å²) in [6, 6.07) is 0. The Balaban J connectivity index is 2.55. The predicted molar refractivity (Wildman–Crippen MR) is 52.8 cm³/mol. The molecule has 0 aromatic rings. The van der Waals surface area contributed by atoms with Crippen molar-refractivity contribution in [2.75, 3.05) is 6.61 Å². The fourth-order valence-corrected chi connectivity index (χ4v) is 1.74. The Hall–Kier alpha value is -0.570. The van der Waals surface area contributed by atoms with E-state index in [1.54, 1.807) is 0 Å². The van der Waals surface area contributed by atoms with Crippen molar-refractivity contribution in [1.29, 1.82) is 0 Å². The predicted octanol–water partition coefficient (Wildman–Crippen LogP) is 2.09. The van der Waals surface area contributed by atoms with Crippen molar-refractivity contribution < 1.29 is 9.94 Å². The molecule has 0 saturated heterocycles. The summed E-state index contributed by atoms with van der Waals surface area (Å²) >= 11 is 0. The first-order valence-corrected chi connectivity index (χ1v) is 5.08. The highest BCUT2D eigenvalue weighted by molar-refractivity contribution is 5.89. The van der Waals surface area contributed by atoms with E-state index in [4.69, 9.17) is 4.84 Å². The molecule has 1 aliphatic rings. The van der Waals surface area contributed by atoms with Gasteiger partial charge in [0.25, 0.3) is 0 Å². The molecule has 13 heavy (non-hydrogen) atoms. The lowest BCUT2D eigenvalue weighted by molar-refractivity contribution is 0.0619. The summed E-state index contributed by atoms with van der Waals surface area (Å²) in [7, 11) is 0. The van der Waals surface area contributed by atoms with Crippen LogP contribution in [-0.2, 0) is 4.84 Å². The zero-order valence-corrected chi connectivity index (χ0v) is 8.55. The maximum absolute atomic E-state index is 10.2. The SMILES string of the molecule is CCO/N=C(/C)C1(O)CCCCC1. The van der Waals surface area contributed by atoms with Crippen molar-refractivity contribution in [2.45, 2.75) is 51.6 Å². The van der Waals surface area contributed by atoms with Gasteiger partial charge in [-0.1, -0.05) is 24.4 Å². The van der Waals surface area contributed by atoms with E-state index in [2.05, 4.69) is 5.16 Å². The number of oxime groups is 1. The van der Waals surface area contributed by atoms with E-state index in [1.165, 1.54) is 6.42 Å². The second kappa shape index (κ2) is 4.61. The second-order valence-electron chi connectivity index (χ2n) is 3.69. The summed E-state index contributed by atoms with van der Waals surface area (Å²) < 4.78 is 0. The molecule has 1 fully saturated rings. The minimum Gasteiger partial charge on any atom is -0.396 e. The Labute approximate surface area is 79.8 Å². The molecular formula is C10H19NO2. The number of hydrogen-bond donors (Lipinski definition) is 1. The molecule has 1 saturated carbocycles. The molecule has 0 amide bonds. The Bertz CT molecular complexity index is 183. The van der Waals surface area contributed by atoms with Crippen LogP contribution in [0.25, 0.3) is 0 Å². The summed E-state index contributed by atoms with van der Waals surface area (Å²) in [4.78, 5) is 4.94. The van der Waals surface area contributed by atoms with Crippen LogP contribution in [-0.4, -0.2) is 23.0 Å². The molecule has 0 atom stereocenters. The van der Waals surface area contributed by atoms with E-state index in [0.717, 1.165) is 31.4 Å². The van der Waals surface area contributed by atoms with E-state index in [1.807, 2.05) is 13.8 Å². The normalized spacial score (nSPS) is 22.8. The van der Waals surface area contributed by atoms with Gasteiger partial charge in [-0.15, -0.1) is 0 Å². The number of hydrogen-bond acceptors (Lipinski definition) is 3. The van der Waals surface area contributed by atoms with Crippen molar-refractivity contribution in [3.8, 4) is 0 Å². The van der Waals surface area contributed by atoms with Crippen molar-refractivity contribution in [3.05, 3.63) is 0 Å². The lowest BCUT2D eigenvalue weighted by Crippen LogP contribution is -2.39. The van der Waals surface area contributed by atoms with Crippen molar-refractivity contribution in [2.24, 2.45) is 5.16 Å². The lowest BCUT2D eigenvalue weighted by atomic mass is 9.82. The monoisotopic (exact) mass is 185 g/mol. The van der Waals surface area contributed by atoms with E-state index >= 15 is 0 Å². The summed E-state index contributed by atoms with van der Waals surface area (Å²) in [5.74, 6) is 0. The Kier molecular flexibility index (Phi) is 3.72. The highest BCUT2D eigenvalue weighted by atomic mass is 16.6. The summed E-state index contributed by atoms with van der Waals surface area (Å²) in [5.41, 5.74) is 0.0435. The van der Waals surface area contributed by atoms with Crippen molar-refractivity contribution in [3.63, 3.8) is 0 Å². The van der Waals surface area contributed by atoms with Crippen LogP contribution >= 0.6 is 0 Å².